The van der Waals surface area contributed by atoms with Gasteiger partial charge in [0.25, 0.3) is 0 Å². The second kappa shape index (κ2) is 3.87. The maximum atomic E-state index is 11.8. The van der Waals surface area contributed by atoms with Crippen LogP contribution in [0.15, 0.2) is 12.1 Å². The number of halogens is 5. The minimum atomic E-state index is -4.76. The zero-order chi connectivity index (χ0) is 10.9. The molecule has 0 fully saturated rings. The molecule has 0 aliphatic carbocycles. The maximum absolute atomic E-state index is 11.8. The lowest BCUT2D eigenvalue weighted by molar-refractivity contribution is -0.274. The largest absolute Gasteiger partial charge is 0.573 e. The molecule has 1 nitrogen and oxygen atoms in total. The number of alkyl halides is 3. The number of benzene rings is 1. The maximum Gasteiger partial charge on any atom is 0.573 e. The third-order valence-corrected chi connectivity index (χ3v) is 2.14. The smallest absolute Gasteiger partial charge is 0.404 e. The Kier molecular flexibility index (Phi) is 3.17. The minimum Gasteiger partial charge on any atom is -0.404 e. The van der Waals surface area contributed by atoms with Crippen molar-refractivity contribution in [3.05, 3.63) is 27.7 Å². The molecule has 0 unspecified atom stereocenters. The van der Waals surface area contributed by atoms with Crippen molar-refractivity contribution in [3.8, 4) is 5.75 Å². The predicted octanol–water partition coefficient (Wildman–Crippen LogP) is 4.20. The Bertz CT molecular complexity index is 349. The fourth-order valence-electron chi connectivity index (χ4n) is 0.831. The lowest BCUT2D eigenvalue weighted by Gasteiger charge is -2.11. The highest BCUT2D eigenvalue weighted by Gasteiger charge is 2.32. The Morgan fingerprint density at radius 3 is 2.21 bits per heavy atom. The van der Waals surface area contributed by atoms with Gasteiger partial charge >= 0.3 is 6.36 Å². The first-order valence-corrected chi connectivity index (χ1v) is 4.26. The quantitative estimate of drug-likeness (QED) is 0.720. The molecular formula is C8H5Cl2F3O. The summed E-state index contributed by atoms with van der Waals surface area (Å²) in [6.45, 7) is 1.63. The van der Waals surface area contributed by atoms with Gasteiger partial charge in [-0.25, -0.2) is 0 Å². The lowest BCUT2D eigenvalue weighted by atomic mass is 10.2. The highest BCUT2D eigenvalue weighted by molar-refractivity contribution is 6.34. The van der Waals surface area contributed by atoms with Crippen molar-refractivity contribution in [2.75, 3.05) is 0 Å². The predicted molar refractivity (Wildman–Crippen MR) is 47.9 cm³/mol. The van der Waals surface area contributed by atoms with Gasteiger partial charge in [0.2, 0.25) is 0 Å². The van der Waals surface area contributed by atoms with Gasteiger partial charge in [0.15, 0.2) is 0 Å². The van der Waals surface area contributed by atoms with Crippen molar-refractivity contribution < 1.29 is 17.9 Å². The first-order valence-electron chi connectivity index (χ1n) is 3.51. The molecule has 14 heavy (non-hydrogen) atoms. The van der Waals surface area contributed by atoms with Gasteiger partial charge in [-0.3, -0.25) is 0 Å². The molecule has 0 aliphatic rings. The molecule has 0 saturated heterocycles. The van der Waals surface area contributed by atoms with Crippen molar-refractivity contribution in [2.45, 2.75) is 13.3 Å². The number of hydrogen-bond acceptors (Lipinski definition) is 1. The van der Waals surface area contributed by atoms with Crippen LogP contribution < -0.4 is 4.74 Å². The van der Waals surface area contributed by atoms with Gasteiger partial charge in [0.05, 0.1) is 5.02 Å². The van der Waals surface area contributed by atoms with Crippen LogP contribution in [0.1, 0.15) is 5.56 Å². The Hall–Kier alpha value is -0.610. The van der Waals surface area contributed by atoms with Gasteiger partial charge in [0.1, 0.15) is 5.75 Å². The summed E-state index contributed by atoms with van der Waals surface area (Å²) in [4.78, 5) is 0. The van der Waals surface area contributed by atoms with Crippen molar-refractivity contribution in [1.29, 1.82) is 0 Å². The summed E-state index contributed by atoms with van der Waals surface area (Å²) in [7, 11) is 0. The second-order valence-corrected chi connectivity index (χ2v) is 3.39. The molecule has 0 amide bonds. The van der Waals surface area contributed by atoms with E-state index in [4.69, 9.17) is 23.2 Å². The molecule has 1 rings (SSSR count). The van der Waals surface area contributed by atoms with Crippen LogP contribution in [0, 0.1) is 6.92 Å². The third-order valence-electron chi connectivity index (χ3n) is 1.44. The number of ether oxygens (including phenoxy) is 1. The second-order valence-electron chi connectivity index (χ2n) is 2.58. The average Bonchev–Trinajstić information content (AvgIpc) is 1.97. The van der Waals surface area contributed by atoms with Crippen LogP contribution >= 0.6 is 23.2 Å². The van der Waals surface area contributed by atoms with Gasteiger partial charge in [-0.05, 0) is 18.6 Å². The van der Waals surface area contributed by atoms with Crippen molar-refractivity contribution in [2.24, 2.45) is 0 Å². The first kappa shape index (κ1) is 11.5. The zero-order valence-corrected chi connectivity index (χ0v) is 8.46. The fourth-order valence-corrected chi connectivity index (χ4v) is 1.24. The van der Waals surface area contributed by atoms with E-state index in [1.54, 1.807) is 6.92 Å². The van der Waals surface area contributed by atoms with Gasteiger partial charge < -0.3 is 4.74 Å². The van der Waals surface area contributed by atoms with Crippen LogP contribution in [0.4, 0.5) is 13.2 Å². The van der Waals surface area contributed by atoms with Crippen LogP contribution in [-0.4, -0.2) is 6.36 Å². The molecule has 1 aromatic rings. The number of aryl methyl sites for hydroxylation is 1. The van der Waals surface area contributed by atoms with E-state index in [0.29, 0.717) is 5.56 Å². The Labute approximate surface area is 88.4 Å². The molecule has 0 bridgehead atoms. The fraction of sp³-hybridized carbons (Fsp3) is 0.250. The topological polar surface area (TPSA) is 9.23 Å². The van der Waals surface area contributed by atoms with Gasteiger partial charge in [-0.2, -0.15) is 0 Å². The molecule has 0 spiro atoms. The number of rotatable bonds is 1. The average molecular weight is 245 g/mol. The monoisotopic (exact) mass is 244 g/mol. The summed E-state index contributed by atoms with van der Waals surface area (Å²) in [6.07, 6.45) is -4.76. The normalized spacial score (nSPS) is 11.6. The summed E-state index contributed by atoms with van der Waals surface area (Å²) in [6, 6.07) is 2.34. The summed E-state index contributed by atoms with van der Waals surface area (Å²) in [5.74, 6) is -0.491. The molecule has 0 radical (unpaired) electrons. The molecule has 0 aromatic heterocycles. The van der Waals surface area contributed by atoms with Crippen LogP contribution in [0.3, 0.4) is 0 Å². The molecule has 6 heteroatoms. The van der Waals surface area contributed by atoms with Gasteiger partial charge in [0, 0.05) is 11.1 Å². The molecule has 0 aliphatic heterocycles. The Morgan fingerprint density at radius 2 is 1.71 bits per heavy atom. The molecule has 0 saturated carbocycles. The van der Waals surface area contributed by atoms with E-state index in [9.17, 15) is 13.2 Å². The molecule has 0 N–H and O–H groups in total. The van der Waals surface area contributed by atoms with Gasteiger partial charge in [-0.15, -0.1) is 13.2 Å². The molecule has 78 valence electrons. The van der Waals surface area contributed by atoms with E-state index in [1.165, 1.54) is 6.07 Å². The molecular weight excluding hydrogens is 240 g/mol. The zero-order valence-electron chi connectivity index (χ0n) is 6.95. The lowest BCUT2D eigenvalue weighted by Crippen LogP contribution is -2.17. The molecule has 1 aromatic carbocycles. The highest BCUT2D eigenvalue weighted by Crippen LogP contribution is 2.34. The third kappa shape index (κ3) is 2.96. The Balaban J connectivity index is 3.04. The Morgan fingerprint density at radius 1 is 1.14 bits per heavy atom. The van der Waals surface area contributed by atoms with Crippen LogP contribution in [0.25, 0.3) is 0 Å². The standard InChI is InChI=1S/C8H5Cl2F3O/c1-4-2-6(10)7(3-5(4)9)14-8(11,12)13/h2-3H,1H3. The van der Waals surface area contributed by atoms with E-state index < -0.39 is 12.1 Å². The van der Waals surface area contributed by atoms with E-state index in [0.717, 1.165) is 6.07 Å². The SMILES string of the molecule is Cc1cc(Cl)c(OC(F)(F)F)cc1Cl. The van der Waals surface area contributed by atoms with E-state index in [2.05, 4.69) is 4.74 Å². The van der Waals surface area contributed by atoms with Crippen molar-refractivity contribution in [1.82, 2.24) is 0 Å². The molecule has 0 atom stereocenters. The van der Waals surface area contributed by atoms with Crippen molar-refractivity contribution in [3.63, 3.8) is 0 Å². The van der Waals surface area contributed by atoms with Crippen LogP contribution in [0.2, 0.25) is 10.0 Å². The van der Waals surface area contributed by atoms with Crippen LogP contribution in [-0.2, 0) is 0 Å². The summed E-state index contributed by atoms with van der Waals surface area (Å²) < 4.78 is 39.1. The van der Waals surface area contributed by atoms with Crippen molar-refractivity contribution >= 4 is 23.2 Å². The molecule has 0 heterocycles. The highest BCUT2D eigenvalue weighted by atomic mass is 35.5. The van der Waals surface area contributed by atoms with Gasteiger partial charge in [-0.1, -0.05) is 23.2 Å². The minimum absolute atomic E-state index is 0.121. The first-order chi connectivity index (χ1) is 6.29. The van der Waals surface area contributed by atoms with E-state index >= 15 is 0 Å². The summed E-state index contributed by atoms with van der Waals surface area (Å²) in [5.41, 5.74) is 0.589. The van der Waals surface area contributed by atoms with E-state index in [1.807, 2.05) is 0 Å². The summed E-state index contributed by atoms with van der Waals surface area (Å²) >= 11 is 11.1. The van der Waals surface area contributed by atoms with E-state index in [-0.39, 0.29) is 10.0 Å². The summed E-state index contributed by atoms with van der Waals surface area (Å²) in [5, 5.41) is 0.0536. The van der Waals surface area contributed by atoms with Crippen LogP contribution in [0.5, 0.6) is 5.75 Å². The number of hydrogen-bond donors (Lipinski definition) is 0.